The third-order valence-corrected chi connectivity index (χ3v) is 10.9. The molecule has 2 N–H and O–H groups in total. The van der Waals surface area contributed by atoms with Gasteiger partial charge in [-0.05, 0) is 117 Å². The molecule has 0 saturated heterocycles. The van der Waals surface area contributed by atoms with Gasteiger partial charge in [-0.2, -0.15) is 8.42 Å². The van der Waals surface area contributed by atoms with Crippen LogP contribution in [0.3, 0.4) is 0 Å². The average molecular weight is 443 g/mol. The van der Waals surface area contributed by atoms with Crippen molar-refractivity contribution >= 4 is 10.4 Å². The molecular formula is C24H42O5S. The molecule has 0 amide bonds. The Hall–Kier alpha value is -0.170. The minimum Gasteiger partial charge on any atom is -0.393 e. The van der Waals surface area contributed by atoms with Gasteiger partial charge in [-0.25, -0.2) is 4.18 Å². The SMILES string of the molecule is CC(CCCOS(=O)(=O)O)C1CCC2C3CCC4CC(O)CCC4(C)C3CCC12C. The standard InChI is InChI=1S/C24H42O5S/c1-16(5-4-14-29-30(26,27)28)20-8-9-21-19-7-6-17-15-18(25)10-12-23(17,2)22(19)11-13-24(20,21)3/h16-22,25H,4-15H2,1-3H3,(H,26,27,28). The molecule has 4 aliphatic rings. The molecule has 0 spiro atoms. The molecule has 4 aliphatic carbocycles. The summed E-state index contributed by atoms with van der Waals surface area (Å²) < 4.78 is 34.8. The van der Waals surface area contributed by atoms with E-state index in [2.05, 4.69) is 25.0 Å². The molecule has 30 heavy (non-hydrogen) atoms. The van der Waals surface area contributed by atoms with E-state index in [4.69, 9.17) is 4.55 Å². The molecule has 174 valence electrons. The van der Waals surface area contributed by atoms with Gasteiger partial charge in [0, 0.05) is 0 Å². The summed E-state index contributed by atoms with van der Waals surface area (Å²) in [6, 6.07) is 0. The molecule has 0 aliphatic heterocycles. The summed E-state index contributed by atoms with van der Waals surface area (Å²) in [5.41, 5.74) is 0.835. The van der Waals surface area contributed by atoms with Gasteiger partial charge < -0.3 is 5.11 Å². The second-order valence-electron chi connectivity index (χ2n) is 11.7. The van der Waals surface area contributed by atoms with Crippen molar-refractivity contribution in [1.82, 2.24) is 0 Å². The fraction of sp³-hybridized carbons (Fsp3) is 1.00. The van der Waals surface area contributed by atoms with Crippen LogP contribution in [0.5, 0.6) is 0 Å². The highest BCUT2D eigenvalue weighted by molar-refractivity contribution is 7.80. The molecule has 0 aromatic carbocycles. The summed E-state index contributed by atoms with van der Waals surface area (Å²) in [4.78, 5) is 0. The fourth-order valence-corrected chi connectivity index (χ4v) is 9.31. The average Bonchev–Trinajstić information content (AvgIpc) is 3.02. The molecule has 0 radical (unpaired) electrons. The van der Waals surface area contributed by atoms with Gasteiger partial charge in [0.1, 0.15) is 0 Å². The van der Waals surface area contributed by atoms with Crippen LogP contribution in [0, 0.1) is 46.3 Å². The molecular weight excluding hydrogens is 400 g/mol. The van der Waals surface area contributed by atoms with E-state index >= 15 is 0 Å². The van der Waals surface area contributed by atoms with Gasteiger partial charge in [0.2, 0.25) is 0 Å². The van der Waals surface area contributed by atoms with Crippen molar-refractivity contribution in [2.24, 2.45) is 46.3 Å². The highest BCUT2D eigenvalue weighted by Crippen LogP contribution is 2.68. The zero-order valence-corrected chi connectivity index (χ0v) is 19.9. The Bertz CT molecular complexity index is 723. The molecule has 5 nitrogen and oxygen atoms in total. The first kappa shape index (κ1) is 23.0. The van der Waals surface area contributed by atoms with E-state index in [1.165, 1.54) is 44.9 Å². The van der Waals surface area contributed by atoms with Gasteiger partial charge in [0.15, 0.2) is 0 Å². The van der Waals surface area contributed by atoms with Crippen LogP contribution in [0.1, 0.15) is 91.4 Å². The second-order valence-corrected chi connectivity index (χ2v) is 12.8. The molecule has 6 heteroatoms. The lowest BCUT2D eigenvalue weighted by Gasteiger charge is -2.61. The second kappa shape index (κ2) is 8.31. The normalized spacial score (nSPS) is 47.2. The van der Waals surface area contributed by atoms with E-state index in [0.717, 1.165) is 37.0 Å². The Morgan fingerprint density at radius 2 is 1.70 bits per heavy atom. The van der Waals surface area contributed by atoms with Crippen molar-refractivity contribution in [3.63, 3.8) is 0 Å². The van der Waals surface area contributed by atoms with E-state index in [-0.39, 0.29) is 12.7 Å². The quantitative estimate of drug-likeness (QED) is 0.434. The number of fused-ring (bicyclic) bond motifs is 5. The minimum absolute atomic E-state index is 0.0741. The molecule has 0 aromatic rings. The summed E-state index contributed by atoms with van der Waals surface area (Å²) in [6.45, 7) is 7.51. The Morgan fingerprint density at radius 3 is 2.43 bits per heavy atom. The molecule has 0 bridgehead atoms. The third kappa shape index (κ3) is 4.11. The summed E-state index contributed by atoms with van der Waals surface area (Å²) in [5, 5.41) is 10.2. The van der Waals surface area contributed by atoms with Crippen molar-refractivity contribution in [1.29, 1.82) is 0 Å². The van der Waals surface area contributed by atoms with E-state index in [1.54, 1.807) is 0 Å². The van der Waals surface area contributed by atoms with Crippen molar-refractivity contribution in [3.8, 4) is 0 Å². The van der Waals surface area contributed by atoms with Crippen LogP contribution in [0.25, 0.3) is 0 Å². The lowest BCUT2D eigenvalue weighted by molar-refractivity contribution is -0.129. The maximum absolute atomic E-state index is 10.8. The van der Waals surface area contributed by atoms with Crippen LogP contribution in [0.15, 0.2) is 0 Å². The van der Waals surface area contributed by atoms with E-state index < -0.39 is 10.4 Å². The van der Waals surface area contributed by atoms with E-state index in [9.17, 15) is 13.5 Å². The summed E-state index contributed by atoms with van der Waals surface area (Å²) >= 11 is 0. The smallest absolute Gasteiger partial charge is 0.393 e. The Labute approximate surface area is 183 Å². The van der Waals surface area contributed by atoms with Crippen molar-refractivity contribution in [3.05, 3.63) is 0 Å². The van der Waals surface area contributed by atoms with Crippen molar-refractivity contribution in [2.75, 3.05) is 6.61 Å². The van der Waals surface area contributed by atoms with Crippen molar-refractivity contribution < 1.29 is 22.3 Å². The molecule has 4 saturated carbocycles. The van der Waals surface area contributed by atoms with Crippen LogP contribution in [0.4, 0.5) is 0 Å². The predicted molar refractivity (Wildman–Crippen MR) is 117 cm³/mol. The molecule has 0 aromatic heterocycles. The van der Waals surface area contributed by atoms with Crippen LogP contribution in [-0.2, 0) is 14.6 Å². The summed E-state index contributed by atoms with van der Waals surface area (Å²) in [7, 11) is -4.32. The van der Waals surface area contributed by atoms with Gasteiger partial charge in [-0.1, -0.05) is 20.8 Å². The zero-order valence-electron chi connectivity index (χ0n) is 19.1. The summed E-state index contributed by atoms with van der Waals surface area (Å²) in [6.07, 6.45) is 12.7. The van der Waals surface area contributed by atoms with Gasteiger partial charge in [0.25, 0.3) is 0 Å². The Morgan fingerprint density at radius 1 is 1.00 bits per heavy atom. The molecule has 0 heterocycles. The first-order valence-corrected chi connectivity index (χ1v) is 13.7. The first-order chi connectivity index (χ1) is 14.0. The lowest BCUT2D eigenvalue weighted by atomic mass is 9.44. The van der Waals surface area contributed by atoms with E-state index in [1.807, 2.05) is 0 Å². The highest BCUT2D eigenvalue weighted by atomic mass is 32.3. The number of rotatable bonds is 6. The maximum Gasteiger partial charge on any atom is 0.397 e. The van der Waals surface area contributed by atoms with Gasteiger partial charge in [-0.15, -0.1) is 0 Å². The third-order valence-electron chi connectivity index (χ3n) is 10.4. The highest BCUT2D eigenvalue weighted by Gasteiger charge is 2.60. The number of hydrogen-bond acceptors (Lipinski definition) is 4. The van der Waals surface area contributed by atoms with Crippen molar-refractivity contribution in [2.45, 2.75) is 97.5 Å². The van der Waals surface area contributed by atoms with Crippen LogP contribution in [0.2, 0.25) is 0 Å². The largest absolute Gasteiger partial charge is 0.397 e. The monoisotopic (exact) mass is 442 g/mol. The van der Waals surface area contributed by atoms with Gasteiger partial charge in [0.05, 0.1) is 12.7 Å². The number of aliphatic hydroxyl groups excluding tert-OH is 1. The lowest BCUT2D eigenvalue weighted by Crippen LogP contribution is -2.54. The molecule has 4 fully saturated rings. The number of aliphatic hydroxyl groups is 1. The zero-order chi connectivity index (χ0) is 21.7. The molecule has 4 rings (SSSR count). The Kier molecular flexibility index (Phi) is 6.37. The summed E-state index contributed by atoms with van der Waals surface area (Å²) in [5.74, 6) is 4.47. The van der Waals surface area contributed by atoms with Crippen LogP contribution >= 0.6 is 0 Å². The minimum atomic E-state index is -4.32. The first-order valence-electron chi connectivity index (χ1n) is 12.3. The van der Waals surface area contributed by atoms with Crippen LogP contribution < -0.4 is 0 Å². The topological polar surface area (TPSA) is 83.8 Å². The fourth-order valence-electron chi connectivity index (χ4n) is 8.98. The van der Waals surface area contributed by atoms with Gasteiger partial charge >= 0.3 is 10.4 Å². The Balaban J connectivity index is 1.41. The van der Waals surface area contributed by atoms with Crippen LogP contribution in [-0.4, -0.2) is 30.8 Å². The predicted octanol–water partition coefficient (Wildman–Crippen LogP) is 5.24. The maximum atomic E-state index is 10.8. The molecule has 9 atom stereocenters. The van der Waals surface area contributed by atoms with E-state index in [0.29, 0.717) is 35.0 Å². The molecule has 9 unspecified atom stereocenters. The van der Waals surface area contributed by atoms with Gasteiger partial charge in [-0.3, -0.25) is 4.55 Å². The number of hydrogen-bond donors (Lipinski definition) is 2.